The first-order valence-corrected chi connectivity index (χ1v) is 4.95. The molecule has 6 nitrogen and oxygen atoms in total. The van der Waals surface area contributed by atoms with Crippen LogP contribution >= 0.6 is 22.6 Å². The summed E-state index contributed by atoms with van der Waals surface area (Å²) in [6, 6.07) is 0. The molecule has 1 aliphatic heterocycles. The SMILES string of the molecule is COC(=O)C1OC(I)OC1C(=O)OC. The molecular weight excluding hydrogens is 307 g/mol. The Hall–Kier alpha value is -0.410. The summed E-state index contributed by atoms with van der Waals surface area (Å²) in [5, 5.41) is 0. The van der Waals surface area contributed by atoms with E-state index in [1.807, 2.05) is 0 Å². The van der Waals surface area contributed by atoms with Gasteiger partial charge in [0.2, 0.25) is 4.30 Å². The van der Waals surface area contributed by atoms with Crippen LogP contribution in [0.25, 0.3) is 0 Å². The number of halogens is 1. The second kappa shape index (κ2) is 4.89. The molecule has 0 saturated carbocycles. The fraction of sp³-hybridized carbons (Fsp3) is 0.714. The van der Waals surface area contributed by atoms with Crippen molar-refractivity contribution in [3.05, 3.63) is 0 Å². The predicted molar refractivity (Wildman–Crippen MR) is 51.6 cm³/mol. The number of alkyl halides is 1. The summed E-state index contributed by atoms with van der Waals surface area (Å²) in [7, 11) is 2.42. The molecule has 0 amide bonds. The fourth-order valence-electron chi connectivity index (χ4n) is 0.996. The normalized spacial score (nSPS) is 31.2. The van der Waals surface area contributed by atoms with Gasteiger partial charge in [-0.1, -0.05) is 0 Å². The zero-order valence-corrected chi connectivity index (χ0v) is 9.72. The summed E-state index contributed by atoms with van der Waals surface area (Å²) in [6.45, 7) is 0. The van der Waals surface area contributed by atoms with Gasteiger partial charge in [-0.15, -0.1) is 0 Å². The number of hydrogen-bond donors (Lipinski definition) is 0. The third kappa shape index (κ3) is 2.34. The Bertz CT molecular complexity index is 218. The van der Waals surface area contributed by atoms with Crippen LogP contribution in [0.4, 0.5) is 0 Å². The maximum absolute atomic E-state index is 11.2. The van der Waals surface area contributed by atoms with E-state index in [2.05, 4.69) is 9.47 Å². The van der Waals surface area contributed by atoms with Crippen molar-refractivity contribution >= 4 is 34.5 Å². The van der Waals surface area contributed by atoms with Gasteiger partial charge in [0.15, 0.2) is 12.2 Å². The largest absolute Gasteiger partial charge is 0.467 e. The second-order valence-corrected chi connectivity index (χ2v) is 3.45. The van der Waals surface area contributed by atoms with Crippen molar-refractivity contribution in [1.82, 2.24) is 0 Å². The molecule has 14 heavy (non-hydrogen) atoms. The van der Waals surface area contributed by atoms with Crippen LogP contribution < -0.4 is 0 Å². The minimum Gasteiger partial charge on any atom is -0.467 e. The number of rotatable bonds is 2. The van der Waals surface area contributed by atoms with Gasteiger partial charge in [-0.3, -0.25) is 0 Å². The van der Waals surface area contributed by atoms with Crippen molar-refractivity contribution in [3.63, 3.8) is 0 Å². The molecule has 1 saturated heterocycles. The Kier molecular flexibility index (Phi) is 4.08. The number of methoxy groups -OCH3 is 2. The van der Waals surface area contributed by atoms with E-state index in [0.29, 0.717) is 0 Å². The zero-order chi connectivity index (χ0) is 10.7. The molecule has 0 aromatic rings. The van der Waals surface area contributed by atoms with Gasteiger partial charge in [-0.2, -0.15) is 0 Å². The summed E-state index contributed by atoms with van der Waals surface area (Å²) < 4.78 is 18.3. The van der Waals surface area contributed by atoms with Gasteiger partial charge >= 0.3 is 11.9 Å². The van der Waals surface area contributed by atoms with Crippen molar-refractivity contribution < 1.29 is 28.5 Å². The number of ether oxygens (including phenoxy) is 4. The lowest BCUT2D eigenvalue weighted by molar-refractivity contribution is -0.160. The Morgan fingerprint density at radius 3 is 1.71 bits per heavy atom. The van der Waals surface area contributed by atoms with E-state index >= 15 is 0 Å². The molecule has 80 valence electrons. The van der Waals surface area contributed by atoms with E-state index in [9.17, 15) is 9.59 Å². The average molecular weight is 316 g/mol. The summed E-state index contributed by atoms with van der Waals surface area (Å²) in [6.07, 6.45) is -2.09. The lowest BCUT2D eigenvalue weighted by Gasteiger charge is -2.11. The number of esters is 2. The number of carbonyl (C=O) groups is 2. The van der Waals surface area contributed by atoms with E-state index in [-0.39, 0.29) is 0 Å². The van der Waals surface area contributed by atoms with Gasteiger partial charge in [-0.05, 0) is 22.6 Å². The average Bonchev–Trinajstić information content (AvgIpc) is 2.58. The molecule has 2 unspecified atom stereocenters. The Labute approximate surface area is 94.0 Å². The molecule has 1 fully saturated rings. The van der Waals surface area contributed by atoms with Crippen LogP contribution in [0.1, 0.15) is 0 Å². The summed E-state index contributed by atoms with van der Waals surface area (Å²) >= 11 is 1.80. The molecule has 0 aliphatic carbocycles. The van der Waals surface area contributed by atoms with E-state index in [1.165, 1.54) is 14.2 Å². The standard InChI is InChI=1S/C7H9IO6/c1-11-5(9)3-4(6(10)12-2)14-7(8)13-3/h3-4,7H,1-2H3. The topological polar surface area (TPSA) is 71.1 Å². The highest BCUT2D eigenvalue weighted by Gasteiger charge is 2.45. The van der Waals surface area contributed by atoms with Gasteiger partial charge in [0, 0.05) is 0 Å². The second-order valence-electron chi connectivity index (χ2n) is 2.43. The van der Waals surface area contributed by atoms with Gasteiger partial charge in [-0.25, -0.2) is 9.59 Å². The van der Waals surface area contributed by atoms with Gasteiger partial charge < -0.3 is 18.9 Å². The molecule has 1 heterocycles. The fourth-order valence-corrected chi connectivity index (χ4v) is 1.63. The first-order valence-electron chi connectivity index (χ1n) is 3.70. The zero-order valence-electron chi connectivity index (χ0n) is 7.56. The quantitative estimate of drug-likeness (QED) is 0.400. The minimum atomic E-state index is -1.05. The molecule has 0 bridgehead atoms. The molecule has 0 N–H and O–H groups in total. The Balaban J connectivity index is 2.72. The van der Waals surface area contributed by atoms with Crippen LogP contribution in [-0.2, 0) is 28.5 Å². The van der Waals surface area contributed by atoms with Crippen molar-refractivity contribution in [2.75, 3.05) is 14.2 Å². The van der Waals surface area contributed by atoms with Crippen LogP contribution in [0.2, 0.25) is 0 Å². The molecule has 0 spiro atoms. The van der Waals surface area contributed by atoms with Crippen LogP contribution in [0.15, 0.2) is 0 Å². The molecule has 0 aromatic carbocycles. The highest BCUT2D eigenvalue weighted by atomic mass is 127. The van der Waals surface area contributed by atoms with Crippen LogP contribution in [0.5, 0.6) is 0 Å². The monoisotopic (exact) mass is 316 g/mol. The Morgan fingerprint density at radius 2 is 1.43 bits per heavy atom. The van der Waals surface area contributed by atoms with E-state index in [4.69, 9.17) is 9.47 Å². The van der Waals surface area contributed by atoms with E-state index in [0.717, 1.165) is 0 Å². The molecule has 0 aromatic heterocycles. The summed E-state index contributed by atoms with van der Waals surface area (Å²) in [5.41, 5.74) is 0. The maximum Gasteiger partial charge on any atom is 0.338 e. The third-order valence-electron chi connectivity index (χ3n) is 1.65. The highest BCUT2D eigenvalue weighted by molar-refractivity contribution is 14.1. The third-order valence-corrected chi connectivity index (χ3v) is 2.24. The minimum absolute atomic E-state index is 0.652. The van der Waals surface area contributed by atoms with Gasteiger partial charge in [0.1, 0.15) is 0 Å². The predicted octanol–water partition coefficient (Wildman–Crippen LogP) is -0.165. The van der Waals surface area contributed by atoms with Crippen molar-refractivity contribution in [3.8, 4) is 0 Å². The van der Waals surface area contributed by atoms with Crippen molar-refractivity contribution in [2.24, 2.45) is 0 Å². The van der Waals surface area contributed by atoms with E-state index < -0.39 is 28.4 Å². The lowest BCUT2D eigenvalue weighted by Crippen LogP contribution is -2.38. The molecule has 2 atom stereocenters. The first kappa shape index (κ1) is 11.7. The van der Waals surface area contributed by atoms with Crippen molar-refractivity contribution in [1.29, 1.82) is 0 Å². The van der Waals surface area contributed by atoms with Crippen LogP contribution in [0.3, 0.4) is 0 Å². The van der Waals surface area contributed by atoms with Gasteiger partial charge in [0.05, 0.1) is 14.2 Å². The molecule has 1 rings (SSSR count). The van der Waals surface area contributed by atoms with E-state index in [1.54, 1.807) is 22.6 Å². The summed E-state index contributed by atoms with van der Waals surface area (Å²) in [5.74, 6) is -1.31. The smallest absolute Gasteiger partial charge is 0.338 e. The molecular formula is C7H9IO6. The number of carbonyl (C=O) groups excluding carboxylic acids is 2. The molecule has 0 radical (unpaired) electrons. The highest BCUT2D eigenvalue weighted by Crippen LogP contribution is 2.25. The van der Waals surface area contributed by atoms with Crippen LogP contribution in [0, 0.1) is 0 Å². The van der Waals surface area contributed by atoms with Crippen molar-refractivity contribution in [2.45, 2.75) is 16.5 Å². The number of hydrogen-bond acceptors (Lipinski definition) is 6. The van der Waals surface area contributed by atoms with Crippen LogP contribution in [-0.4, -0.2) is 42.7 Å². The lowest BCUT2D eigenvalue weighted by atomic mass is 10.2. The maximum atomic E-state index is 11.2. The first-order chi connectivity index (χ1) is 6.60. The molecule has 1 aliphatic rings. The Morgan fingerprint density at radius 1 is 1.07 bits per heavy atom. The van der Waals surface area contributed by atoms with Gasteiger partial charge in [0.25, 0.3) is 0 Å². The molecule has 7 heteroatoms. The summed E-state index contributed by atoms with van der Waals surface area (Å²) in [4.78, 5) is 22.3.